The minimum atomic E-state index is -0.341. The van der Waals surface area contributed by atoms with Crippen LogP contribution in [0.5, 0.6) is 0 Å². The van der Waals surface area contributed by atoms with Gasteiger partial charge in [0.15, 0.2) is 0 Å². The molecule has 1 aliphatic carbocycles. The van der Waals surface area contributed by atoms with Crippen LogP contribution in [-0.2, 0) is 0 Å². The van der Waals surface area contributed by atoms with E-state index in [0.717, 1.165) is 19.3 Å². The number of halogens is 1. The lowest BCUT2D eigenvalue weighted by Crippen LogP contribution is -2.26. The number of carbonyl (C=O) groups excluding carboxylic acids is 2. The molecule has 0 saturated carbocycles. The number of allylic oxidation sites excluding steroid dienone is 1. The van der Waals surface area contributed by atoms with Gasteiger partial charge in [0.25, 0.3) is 11.8 Å². The number of nitrogens with one attached hydrogen (secondary N) is 2. The molecule has 2 amide bonds. The van der Waals surface area contributed by atoms with Crippen LogP contribution in [0.1, 0.15) is 53.0 Å². The molecule has 1 aliphatic rings. The standard InChI is InChI=1S/C21H22ClN3O2/c22-17-8-4-5-9-18(17)25-20(26)16-11-13-23-19(14-16)21(27)24-12-10-15-6-2-1-3-7-15/h4-6,8-9,11,13-14H,1-3,7,10,12H2,(H,24,27)(H,25,26). The topological polar surface area (TPSA) is 71.1 Å². The van der Waals surface area contributed by atoms with Gasteiger partial charge in [0.2, 0.25) is 0 Å². The number of hydrogen-bond acceptors (Lipinski definition) is 3. The summed E-state index contributed by atoms with van der Waals surface area (Å²) in [6.45, 7) is 0.572. The first kappa shape index (κ1) is 19.1. The number of carbonyl (C=O) groups is 2. The highest BCUT2D eigenvalue weighted by molar-refractivity contribution is 6.33. The minimum absolute atomic E-state index is 0.222. The van der Waals surface area contributed by atoms with E-state index in [1.54, 1.807) is 30.3 Å². The average molecular weight is 384 g/mol. The SMILES string of the molecule is O=C(Nc1ccccc1Cl)c1ccnc(C(=O)NCCC2=CCCCC2)c1. The molecule has 0 atom stereocenters. The number of aromatic nitrogens is 1. The lowest BCUT2D eigenvalue weighted by Gasteiger charge is -2.13. The molecule has 3 rings (SSSR count). The van der Waals surface area contributed by atoms with E-state index < -0.39 is 0 Å². The Morgan fingerprint density at radius 3 is 2.74 bits per heavy atom. The van der Waals surface area contributed by atoms with E-state index in [-0.39, 0.29) is 17.5 Å². The highest BCUT2D eigenvalue weighted by Gasteiger charge is 2.13. The maximum absolute atomic E-state index is 12.4. The Bertz CT molecular complexity index is 864. The number of amides is 2. The quantitative estimate of drug-likeness (QED) is 0.715. The normalized spacial score (nSPS) is 13.6. The Hall–Kier alpha value is -2.66. The maximum Gasteiger partial charge on any atom is 0.269 e. The highest BCUT2D eigenvalue weighted by atomic mass is 35.5. The number of benzene rings is 1. The molecule has 27 heavy (non-hydrogen) atoms. The van der Waals surface area contributed by atoms with Gasteiger partial charge in [-0.1, -0.05) is 35.4 Å². The second-order valence-corrected chi connectivity index (χ2v) is 6.88. The molecule has 2 N–H and O–H groups in total. The molecule has 0 bridgehead atoms. The number of hydrogen-bond donors (Lipinski definition) is 2. The van der Waals surface area contributed by atoms with Gasteiger partial charge in [-0.25, -0.2) is 0 Å². The molecule has 2 aromatic rings. The van der Waals surface area contributed by atoms with Crippen LogP contribution in [0.2, 0.25) is 5.02 Å². The van der Waals surface area contributed by atoms with Crippen molar-refractivity contribution < 1.29 is 9.59 Å². The van der Waals surface area contributed by atoms with Crippen molar-refractivity contribution in [2.24, 2.45) is 0 Å². The van der Waals surface area contributed by atoms with Gasteiger partial charge < -0.3 is 10.6 Å². The second kappa shape index (κ2) is 9.33. The Balaban J connectivity index is 1.59. The first-order chi connectivity index (χ1) is 13.1. The van der Waals surface area contributed by atoms with Crippen molar-refractivity contribution in [3.8, 4) is 0 Å². The van der Waals surface area contributed by atoms with Gasteiger partial charge in [-0.3, -0.25) is 14.6 Å². The van der Waals surface area contributed by atoms with E-state index >= 15 is 0 Å². The van der Waals surface area contributed by atoms with Gasteiger partial charge in [0.1, 0.15) is 5.69 Å². The van der Waals surface area contributed by atoms with Gasteiger partial charge in [-0.15, -0.1) is 0 Å². The molecule has 0 fully saturated rings. The number of para-hydroxylation sites is 1. The largest absolute Gasteiger partial charge is 0.350 e. The van der Waals surface area contributed by atoms with Gasteiger partial charge >= 0.3 is 0 Å². The lowest BCUT2D eigenvalue weighted by atomic mass is 9.97. The van der Waals surface area contributed by atoms with Crippen molar-refractivity contribution in [3.63, 3.8) is 0 Å². The van der Waals surface area contributed by atoms with E-state index in [1.807, 2.05) is 0 Å². The number of anilines is 1. The van der Waals surface area contributed by atoms with Crippen LogP contribution in [0.3, 0.4) is 0 Å². The summed E-state index contributed by atoms with van der Waals surface area (Å²) in [6, 6.07) is 10.0. The zero-order valence-corrected chi connectivity index (χ0v) is 15.8. The monoisotopic (exact) mass is 383 g/mol. The van der Waals surface area contributed by atoms with E-state index in [2.05, 4.69) is 21.7 Å². The summed E-state index contributed by atoms with van der Waals surface area (Å²) in [5.74, 6) is -0.620. The summed E-state index contributed by atoms with van der Waals surface area (Å²) in [5.41, 5.74) is 2.50. The van der Waals surface area contributed by atoms with Crippen molar-refractivity contribution in [3.05, 3.63) is 70.5 Å². The van der Waals surface area contributed by atoms with Crippen molar-refractivity contribution >= 4 is 29.1 Å². The van der Waals surface area contributed by atoms with Crippen LogP contribution in [-0.4, -0.2) is 23.3 Å². The summed E-state index contributed by atoms with van der Waals surface area (Å²) in [5, 5.41) is 6.07. The van der Waals surface area contributed by atoms with Crippen LogP contribution >= 0.6 is 11.6 Å². The first-order valence-electron chi connectivity index (χ1n) is 9.11. The summed E-state index contributed by atoms with van der Waals surface area (Å²) in [6.07, 6.45) is 9.32. The molecule has 0 spiro atoms. The third-order valence-electron chi connectivity index (χ3n) is 4.49. The Kier molecular flexibility index (Phi) is 6.60. The third kappa shape index (κ3) is 5.41. The molecule has 1 aromatic carbocycles. The fourth-order valence-corrected chi connectivity index (χ4v) is 3.19. The van der Waals surface area contributed by atoms with Crippen LogP contribution in [0.4, 0.5) is 5.69 Å². The predicted molar refractivity (Wildman–Crippen MR) is 107 cm³/mol. The Morgan fingerprint density at radius 2 is 1.96 bits per heavy atom. The van der Waals surface area contributed by atoms with Gasteiger partial charge in [-0.2, -0.15) is 0 Å². The molecule has 1 heterocycles. The average Bonchev–Trinajstić information content (AvgIpc) is 2.70. The van der Waals surface area contributed by atoms with Gasteiger partial charge in [0, 0.05) is 18.3 Å². The molecule has 5 nitrogen and oxygen atoms in total. The fraction of sp³-hybridized carbons (Fsp3) is 0.286. The van der Waals surface area contributed by atoms with E-state index in [4.69, 9.17) is 11.6 Å². The second-order valence-electron chi connectivity index (χ2n) is 6.48. The van der Waals surface area contributed by atoms with Crippen LogP contribution in [0, 0.1) is 0 Å². The summed E-state index contributed by atoms with van der Waals surface area (Å²) >= 11 is 6.06. The van der Waals surface area contributed by atoms with Crippen molar-refractivity contribution in [2.45, 2.75) is 32.1 Å². The van der Waals surface area contributed by atoms with E-state index in [1.165, 1.54) is 30.7 Å². The Labute approximate surface area is 163 Å². The predicted octanol–water partition coefficient (Wildman–Crippen LogP) is 4.61. The molecule has 0 unspecified atom stereocenters. The van der Waals surface area contributed by atoms with Gasteiger partial charge in [0.05, 0.1) is 10.7 Å². The minimum Gasteiger partial charge on any atom is -0.350 e. The van der Waals surface area contributed by atoms with Crippen molar-refractivity contribution in [2.75, 3.05) is 11.9 Å². The number of rotatable bonds is 6. The van der Waals surface area contributed by atoms with Crippen molar-refractivity contribution in [1.82, 2.24) is 10.3 Å². The molecule has 1 aromatic heterocycles. The molecule has 0 radical (unpaired) electrons. The van der Waals surface area contributed by atoms with Crippen LogP contribution in [0.25, 0.3) is 0 Å². The summed E-state index contributed by atoms with van der Waals surface area (Å²) in [4.78, 5) is 28.8. The lowest BCUT2D eigenvalue weighted by molar-refractivity contribution is 0.0949. The molecular formula is C21H22ClN3O2. The van der Waals surface area contributed by atoms with Crippen LogP contribution in [0.15, 0.2) is 54.2 Å². The van der Waals surface area contributed by atoms with Crippen molar-refractivity contribution in [1.29, 1.82) is 0 Å². The highest BCUT2D eigenvalue weighted by Crippen LogP contribution is 2.21. The van der Waals surface area contributed by atoms with Crippen LogP contribution < -0.4 is 10.6 Å². The van der Waals surface area contributed by atoms with Gasteiger partial charge in [-0.05, 0) is 56.4 Å². The smallest absolute Gasteiger partial charge is 0.269 e. The number of pyridine rings is 1. The summed E-state index contributed by atoms with van der Waals surface area (Å²) < 4.78 is 0. The summed E-state index contributed by atoms with van der Waals surface area (Å²) in [7, 11) is 0. The molecule has 6 heteroatoms. The van der Waals surface area contributed by atoms with E-state index in [0.29, 0.717) is 22.8 Å². The fourth-order valence-electron chi connectivity index (χ4n) is 3.01. The maximum atomic E-state index is 12.4. The molecule has 0 aliphatic heterocycles. The zero-order valence-electron chi connectivity index (χ0n) is 15.0. The molecule has 140 valence electrons. The molecular weight excluding hydrogens is 362 g/mol. The Morgan fingerprint density at radius 1 is 1.11 bits per heavy atom. The third-order valence-corrected chi connectivity index (χ3v) is 4.82. The number of nitrogens with zero attached hydrogens (tertiary/aromatic N) is 1. The zero-order chi connectivity index (χ0) is 19.1. The molecule has 0 saturated heterocycles. The first-order valence-corrected chi connectivity index (χ1v) is 9.49. The van der Waals surface area contributed by atoms with E-state index in [9.17, 15) is 9.59 Å².